The first-order chi connectivity index (χ1) is 8.70. The van der Waals surface area contributed by atoms with Gasteiger partial charge in [0.2, 0.25) is 0 Å². The maximum absolute atomic E-state index is 12.1. The van der Waals surface area contributed by atoms with Crippen LogP contribution in [0.3, 0.4) is 0 Å². The molecule has 0 spiro atoms. The minimum Gasteiger partial charge on any atom is -0.361 e. The van der Waals surface area contributed by atoms with Crippen LogP contribution >= 0.6 is 15.9 Å². The molecule has 0 radical (unpaired) electrons. The second kappa shape index (κ2) is 6.86. The van der Waals surface area contributed by atoms with Gasteiger partial charge in [0.1, 0.15) is 6.73 Å². The summed E-state index contributed by atoms with van der Waals surface area (Å²) in [6.07, 6.45) is 1.91. The van der Waals surface area contributed by atoms with Crippen LogP contribution in [0, 0.1) is 5.92 Å². The van der Waals surface area contributed by atoms with Crippen LogP contribution < -0.4 is 0 Å². The van der Waals surface area contributed by atoms with Gasteiger partial charge in [-0.05, 0) is 28.0 Å². The minimum atomic E-state index is -1.05. The zero-order chi connectivity index (χ0) is 14.6. The third-order valence-corrected chi connectivity index (χ3v) is 5.00. The van der Waals surface area contributed by atoms with Gasteiger partial charge < -0.3 is 9.30 Å². The summed E-state index contributed by atoms with van der Waals surface area (Å²) in [6.45, 7) is 12.0. The van der Waals surface area contributed by atoms with Gasteiger partial charge in [0, 0.05) is 31.3 Å². The topological polar surface area (TPSA) is 31.2 Å². The highest BCUT2D eigenvalue weighted by Crippen LogP contribution is 2.18. The van der Waals surface area contributed by atoms with Gasteiger partial charge in [-0.15, -0.1) is 0 Å². The third-order valence-electron chi connectivity index (χ3n) is 2.87. The van der Waals surface area contributed by atoms with Crippen molar-refractivity contribution in [1.29, 1.82) is 0 Å². The van der Waals surface area contributed by atoms with E-state index in [1.807, 2.05) is 30.7 Å². The molecule has 0 unspecified atom stereocenters. The molecule has 0 aliphatic carbocycles. The number of ketones is 1. The number of carbonyl (C=O) groups excluding carboxylic acids is 1. The van der Waals surface area contributed by atoms with Crippen molar-refractivity contribution in [2.75, 3.05) is 6.61 Å². The zero-order valence-corrected chi connectivity index (χ0v) is 15.1. The lowest BCUT2D eigenvalue weighted by Gasteiger charge is -2.16. The lowest BCUT2D eigenvalue weighted by molar-refractivity contribution is 0.0786. The smallest absolute Gasteiger partial charge is 0.181 e. The number of carbonyl (C=O) groups is 1. The summed E-state index contributed by atoms with van der Waals surface area (Å²) < 4.78 is 8.51. The number of hydrogen-bond acceptors (Lipinski definition) is 2. The Bertz CT molecular complexity index is 435. The molecule has 0 aliphatic rings. The highest BCUT2D eigenvalue weighted by atomic mass is 79.9. The normalized spacial score (nSPS) is 12.2. The van der Waals surface area contributed by atoms with Gasteiger partial charge in [-0.25, -0.2) is 0 Å². The maximum atomic E-state index is 12.1. The van der Waals surface area contributed by atoms with E-state index in [0.29, 0.717) is 6.73 Å². The van der Waals surface area contributed by atoms with Crippen molar-refractivity contribution in [3.8, 4) is 0 Å². The third kappa shape index (κ3) is 5.63. The molecule has 1 heterocycles. The molecule has 0 aromatic carbocycles. The molecule has 5 heteroatoms. The molecular weight excluding hydrogens is 322 g/mol. The number of halogens is 1. The first-order valence-electron chi connectivity index (χ1n) is 6.68. The largest absolute Gasteiger partial charge is 0.361 e. The van der Waals surface area contributed by atoms with Crippen LogP contribution in [-0.2, 0) is 11.5 Å². The lowest BCUT2D eigenvalue weighted by Crippen LogP contribution is -2.22. The molecule has 1 rings (SSSR count). The monoisotopic (exact) mass is 345 g/mol. The van der Waals surface area contributed by atoms with Crippen molar-refractivity contribution >= 4 is 29.8 Å². The van der Waals surface area contributed by atoms with E-state index in [9.17, 15) is 4.79 Å². The molecule has 0 bridgehead atoms. The van der Waals surface area contributed by atoms with E-state index < -0.39 is 8.07 Å². The Morgan fingerprint density at radius 2 is 2.05 bits per heavy atom. The Labute approximate surface area is 125 Å². The quantitative estimate of drug-likeness (QED) is 0.416. The highest BCUT2D eigenvalue weighted by Gasteiger charge is 2.17. The van der Waals surface area contributed by atoms with Crippen molar-refractivity contribution in [3.05, 3.63) is 22.4 Å². The highest BCUT2D eigenvalue weighted by molar-refractivity contribution is 9.10. The second-order valence-corrected chi connectivity index (χ2v) is 12.9. The summed E-state index contributed by atoms with van der Waals surface area (Å²) in [5.41, 5.74) is 0.717. The molecule has 0 amide bonds. The fourth-order valence-electron chi connectivity index (χ4n) is 1.63. The van der Waals surface area contributed by atoms with Crippen LogP contribution in [0.2, 0.25) is 25.7 Å². The number of Topliss-reactive ketones (excluding diaryl/α,β-unsaturated/α-hetero) is 1. The van der Waals surface area contributed by atoms with Crippen molar-refractivity contribution in [3.63, 3.8) is 0 Å². The predicted octanol–water partition coefficient (Wildman–Crippen LogP) is 4.40. The fourth-order valence-corrected chi connectivity index (χ4v) is 2.85. The molecule has 0 N–H and O–H groups in total. The molecule has 0 fully saturated rings. The van der Waals surface area contributed by atoms with E-state index in [4.69, 9.17) is 4.74 Å². The van der Waals surface area contributed by atoms with Crippen molar-refractivity contribution < 1.29 is 9.53 Å². The molecule has 3 nitrogen and oxygen atoms in total. The van der Waals surface area contributed by atoms with Gasteiger partial charge in [-0.1, -0.05) is 33.5 Å². The Kier molecular flexibility index (Phi) is 6.01. The van der Waals surface area contributed by atoms with E-state index in [1.165, 1.54) is 0 Å². The van der Waals surface area contributed by atoms with Gasteiger partial charge >= 0.3 is 0 Å². The SMILES string of the molecule is CC(C)C(=O)c1cc(Br)cn1COCC[Si](C)(C)C. The molecular formula is C14H24BrNO2Si. The summed E-state index contributed by atoms with van der Waals surface area (Å²) in [4.78, 5) is 12.1. The van der Waals surface area contributed by atoms with Gasteiger partial charge in [0.15, 0.2) is 5.78 Å². The van der Waals surface area contributed by atoms with Crippen LogP contribution in [0.1, 0.15) is 24.3 Å². The molecule has 0 saturated carbocycles. The number of aromatic nitrogens is 1. The average molecular weight is 346 g/mol. The zero-order valence-electron chi connectivity index (χ0n) is 12.5. The number of nitrogens with zero attached hydrogens (tertiary/aromatic N) is 1. The van der Waals surface area contributed by atoms with Crippen LogP contribution in [0.25, 0.3) is 0 Å². The second-order valence-electron chi connectivity index (χ2n) is 6.38. The van der Waals surface area contributed by atoms with Crippen molar-refractivity contribution in [1.82, 2.24) is 4.57 Å². The Morgan fingerprint density at radius 3 is 2.58 bits per heavy atom. The molecule has 0 saturated heterocycles. The summed E-state index contributed by atoms with van der Waals surface area (Å²) in [6, 6.07) is 3.01. The Morgan fingerprint density at radius 1 is 1.42 bits per heavy atom. The maximum Gasteiger partial charge on any atom is 0.181 e. The van der Waals surface area contributed by atoms with Gasteiger partial charge in [-0.2, -0.15) is 0 Å². The van der Waals surface area contributed by atoms with E-state index in [-0.39, 0.29) is 11.7 Å². The predicted molar refractivity (Wildman–Crippen MR) is 85.4 cm³/mol. The van der Waals surface area contributed by atoms with E-state index in [0.717, 1.165) is 22.8 Å². The van der Waals surface area contributed by atoms with Gasteiger partial charge in [-0.3, -0.25) is 4.79 Å². The standard InChI is InChI=1S/C14H24BrNO2Si/c1-11(2)14(17)13-8-12(15)9-16(13)10-18-6-7-19(3,4)5/h8-9,11H,6-7,10H2,1-5H3. The Hall–Kier alpha value is -0.393. The van der Waals surface area contributed by atoms with E-state index in [1.54, 1.807) is 0 Å². The molecule has 108 valence electrons. The molecule has 0 aliphatic heterocycles. The van der Waals surface area contributed by atoms with Crippen LogP contribution in [0.5, 0.6) is 0 Å². The van der Waals surface area contributed by atoms with Gasteiger partial charge in [0.25, 0.3) is 0 Å². The average Bonchev–Trinajstić information content (AvgIpc) is 2.63. The van der Waals surface area contributed by atoms with Crippen LogP contribution in [-0.4, -0.2) is 25.0 Å². The van der Waals surface area contributed by atoms with E-state index in [2.05, 4.69) is 35.6 Å². The molecule has 1 aromatic rings. The number of ether oxygens (including phenoxy) is 1. The molecule has 0 atom stereocenters. The van der Waals surface area contributed by atoms with Crippen LogP contribution in [0.4, 0.5) is 0 Å². The van der Waals surface area contributed by atoms with Crippen LogP contribution in [0.15, 0.2) is 16.7 Å². The summed E-state index contributed by atoms with van der Waals surface area (Å²) in [7, 11) is -1.05. The number of rotatable bonds is 7. The van der Waals surface area contributed by atoms with Gasteiger partial charge in [0.05, 0.1) is 5.69 Å². The van der Waals surface area contributed by atoms with Crippen molar-refractivity contribution in [2.24, 2.45) is 5.92 Å². The molecule has 1 aromatic heterocycles. The van der Waals surface area contributed by atoms with Crippen molar-refractivity contribution in [2.45, 2.75) is 46.3 Å². The fraction of sp³-hybridized carbons (Fsp3) is 0.643. The molecule has 19 heavy (non-hydrogen) atoms. The lowest BCUT2D eigenvalue weighted by atomic mass is 10.1. The minimum absolute atomic E-state index is 0.00234. The Balaban J connectivity index is 2.61. The summed E-state index contributed by atoms with van der Waals surface area (Å²) >= 11 is 3.42. The first kappa shape index (κ1) is 16.7. The first-order valence-corrected chi connectivity index (χ1v) is 11.2. The van der Waals surface area contributed by atoms with E-state index >= 15 is 0 Å². The summed E-state index contributed by atoms with van der Waals surface area (Å²) in [5.74, 6) is 0.155. The summed E-state index contributed by atoms with van der Waals surface area (Å²) in [5, 5.41) is 0. The number of hydrogen-bond donors (Lipinski definition) is 0.